The van der Waals surface area contributed by atoms with E-state index >= 15 is 0 Å². The van der Waals surface area contributed by atoms with Gasteiger partial charge >= 0.3 is 7.12 Å². The Balaban J connectivity index is 2.11. The van der Waals surface area contributed by atoms with Crippen LogP contribution in [0.3, 0.4) is 0 Å². The molecule has 0 fully saturated rings. The summed E-state index contributed by atoms with van der Waals surface area (Å²) in [5, 5.41) is 6.04. The van der Waals surface area contributed by atoms with Crippen LogP contribution in [0.25, 0.3) is 0 Å². The van der Waals surface area contributed by atoms with Gasteiger partial charge in [-0.05, 0) is 44.3 Å². The number of nitrogens with zero attached hydrogens (tertiary/aromatic N) is 3. The molecule has 1 heterocycles. The zero-order chi connectivity index (χ0) is 30.6. The van der Waals surface area contributed by atoms with E-state index in [9.17, 15) is 9.59 Å². The Morgan fingerprint density at radius 3 is 2.33 bits per heavy atom. The van der Waals surface area contributed by atoms with Gasteiger partial charge in [0.1, 0.15) is 11.7 Å². The van der Waals surface area contributed by atoms with Crippen molar-refractivity contribution in [2.45, 2.75) is 91.0 Å². The van der Waals surface area contributed by atoms with Gasteiger partial charge < -0.3 is 24.8 Å². The molecule has 0 saturated heterocycles. The molecule has 232 valence electrons. The van der Waals surface area contributed by atoms with Gasteiger partial charge in [-0.3, -0.25) is 14.6 Å². The Morgan fingerprint density at radius 2 is 1.67 bits per heavy atom. The third kappa shape index (κ3) is 14.4. The Labute approximate surface area is 253 Å². The lowest BCUT2D eigenvalue weighted by Gasteiger charge is -2.29. The first kappa shape index (κ1) is 35.4. The first-order valence-electron chi connectivity index (χ1n) is 15.7. The van der Waals surface area contributed by atoms with Gasteiger partial charge in [-0.25, -0.2) is 4.98 Å². The summed E-state index contributed by atoms with van der Waals surface area (Å²) in [5.41, 5.74) is 1.09. The van der Waals surface area contributed by atoms with Crippen LogP contribution in [0.4, 0.5) is 0 Å². The van der Waals surface area contributed by atoms with E-state index in [0.717, 1.165) is 25.1 Å². The predicted octanol–water partition coefficient (Wildman–Crippen LogP) is 4.72. The topological polar surface area (TPSA) is 106 Å². The zero-order valence-electron chi connectivity index (χ0n) is 26.4. The van der Waals surface area contributed by atoms with Crippen molar-refractivity contribution in [1.82, 2.24) is 25.5 Å². The molecule has 1 aromatic carbocycles. The number of hydrogen-bond acceptors (Lipinski definition) is 7. The molecule has 2 atom stereocenters. The van der Waals surface area contributed by atoms with E-state index in [4.69, 9.17) is 9.31 Å². The van der Waals surface area contributed by atoms with Crippen molar-refractivity contribution in [3.05, 3.63) is 60.2 Å². The number of benzene rings is 1. The standard InChI is InChI=1S/C32H52BN5O4/c1-6-8-9-10-14-19-38(5)20-22-42-33(41-21-7-2)30(23-26(3)4)37-31(39)28(24-27-15-12-11-13-16-27)36-32(40)29-25-34-17-18-35-29/h11-13,15-18,25-26,28,30H,6-10,14,19-24H2,1-5H3,(H,36,40)(H,37,39)/t28-,30-/m0/s1. The summed E-state index contributed by atoms with van der Waals surface area (Å²) in [5.74, 6) is -0.832. The molecular formula is C32H52BN5O4. The van der Waals surface area contributed by atoms with Gasteiger partial charge in [0.05, 0.1) is 12.1 Å². The first-order chi connectivity index (χ1) is 20.3. The van der Waals surface area contributed by atoms with Crippen molar-refractivity contribution in [3.63, 3.8) is 0 Å². The molecule has 2 N–H and O–H groups in total. The average Bonchev–Trinajstić information content (AvgIpc) is 2.98. The van der Waals surface area contributed by atoms with Crippen molar-refractivity contribution < 1.29 is 18.9 Å². The molecule has 0 unspecified atom stereocenters. The highest BCUT2D eigenvalue weighted by Crippen LogP contribution is 2.13. The Kier molecular flexibility index (Phi) is 17.7. The van der Waals surface area contributed by atoms with E-state index in [1.165, 1.54) is 50.7 Å². The quantitative estimate of drug-likeness (QED) is 0.153. The second-order valence-electron chi connectivity index (χ2n) is 11.4. The molecular weight excluding hydrogens is 529 g/mol. The number of carbonyl (C=O) groups excluding carboxylic acids is 2. The molecule has 0 aliphatic rings. The monoisotopic (exact) mass is 581 g/mol. The van der Waals surface area contributed by atoms with Crippen molar-refractivity contribution in [2.75, 3.05) is 33.4 Å². The molecule has 0 saturated carbocycles. The fourth-order valence-corrected chi connectivity index (χ4v) is 4.67. The van der Waals surface area contributed by atoms with E-state index in [1.54, 1.807) is 0 Å². The maximum absolute atomic E-state index is 13.8. The molecule has 1 aromatic heterocycles. The van der Waals surface area contributed by atoms with Crippen LogP contribution >= 0.6 is 0 Å². The number of carbonyl (C=O) groups is 2. The summed E-state index contributed by atoms with van der Waals surface area (Å²) in [4.78, 5) is 37.1. The molecule has 2 rings (SSSR count). The largest absolute Gasteiger partial charge is 0.480 e. The SMILES string of the molecule is CCCCCCCN(C)CCOB(OCCC)[C@H](CC(C)C)NC(=O)[C@H](Cc1ccccc1)NC(=O)c1cnccn1. The molecule has 42 heavy (non-hydrogen) atoms. The normalized spacial score (nSPS) is 12.7. The maximum Gasteiger partial charge on any atom is 0.480 e. The number of unbranched alkanes of at least 4 members (excludes halogenated alkanes) is 4. The Morgan fingerprint density at radius 1 is 0.929 bits per heavy atom. The van der Waals surface area contributed by atoms with Crippen LogP contribution in [0, 0.1) is 5.92 Å². The lowest BCUT2D eigenvalue weighted by Crippen LogP contribution is -2.56. The third-order valence-electron chi connectivity index (χ3n) is 6.97. The summed E-state index contributed by atoms with van der Waals surface area (Å²) >= 11 is 0. The first-order valence-corrected chi connectivity index (χ1v) is 15.7. The number of nitrogens with one attached hydrogen (secondary N) is 2. The smallest absolute Gasteiger partial charge is 0.410 e. The van der Waals surface area contributed by atoms with Gasteiger partial charge in [-0.2, -0.15) is 0 Å². The molecule has 2 aromatic rings. The molecule has 0 aliphatic heterocycles. The summed E-state index contributed by atoms with van der Waals surface area (Å²) < 4.78 is 12.4. The summed E-state index contributed by atoms with van der Waals surface area (Å²) in [7, 11) is 1.52. The van der Waals surface area contributed by atoms with Crippen molar-refractivity contribution in [2.24, 2.45) is 5.92 Å². The molecule has 0 aliphatic carbocycles. The second-order valence-corrected chi connectivity index (χ2v) is 11.4. The third-order valence-corrected chi connectivity index (χ3v) is 6.97. The van der Waals surface area contributed by atoms with E-state index in [1.807, 2.05) is 30.3 Å². The fraction of sp³-hybridized carbons (Fsp3) is 0.625. The lowest BCUT2D eigenvalue weighted by atomic mass is 9.73. The lowest BCUT2D eigenvalue weighted by molar-refractivity contribution is -0.123. The van der Waals surface area contributed by atoms with E-state index < -0.39 is 19.1 Å². The highest BCUT2D eigenvalue weighted by atomic mass is 16.6. The highest BCUT2D eigenvalue weighted by molar-refractivity contribution is 6.47. The summed E-state index contributed by atoms with van der Waals surface area (Å²) in [6, 6.07) is 8.82. The minimum absolute atomic E-state index is 0.157. The van der Waals surface area contributed by atoms with Gasteiger partial charge in [0.25, 0.3) is 5.91 Å². The van der Waals surface area contributed by atoms with Crippen LogP contribution in [-0.2, 0) is 20.5 Å². The van der Waals surface area contributed by atoms with Gasteiger partial charge in [0.2, 0.25) is 5.91 Å². The number of aromatic nitrogens is 2. The predicted molar refractivity (Wildman–Crippen MR) is 169 cm³/mol. The molecule has 0 bridgehead atoms. The van der Waals surface area contributed by atoms with E-state index in [2.05, 4.69) is 60.2 Å². The van der Waals surface area contributed by atoms with E-state index in [0.29, 0.717) is 32.0 Å². The number of hydrogen-bond donors (Lipinski definition) is 2. The molecule has 2 amide bonds. The highest BCUT2D eigenvalue weighted by Gasteiger charge is 2.34. The van der Waals surface area contributed by atoms with Crippen LogP contribution in [0.1, 0.15) is 88.7 Å². The van der Waals surface area contributed by atoms with Gasteiger partial charge in [-0.1, -0.05) is 83.7 Å². The minimum atomic E-state index is -0.817. The molecule has 10 heteroatoms. The van der Waals surface area contributed by atoms with Crippen LogP contribution in [0.2, 0.25) is 0 Å². The van der Waals surface area contributed by atoms with Gasteiger partial charge in [-0.15, -0.1) is 0 Å². The number of rotatable bonds is 22. The van der Waals surface area contributed by atoms with Crippen LogP contribution in [-0.4, -0.2) is 79.1 Å². The molecule has 0 radical (unpaired) electrons. The average molecular weight is 582 g/mol. The maximum atomic E-state index is 13.8. The number of likely N-dealkylation sites (N-methyl/N-ethyl adjacent to an activating group) is 1. The Hall–Kier alpha value is -2.82. The van der Waals surface area contributed by atoms with Crippen LogP contribution in [0.5, 0.6) is 0 Å². The van der Waals surface area contributed by atoms with Crippen molar-refractivity contribution >= 4 is 18.9 Å². The second kappa shape index (κ2) is 21.0. The van der Waals surface area contributed by atoms with Crippen LogP contribution < -0.4 is 10.6 Å². The van der Waals surface area contributed by atoms with Crippen molar-refractivity contribution in [3.8, 4) is 0 Å². The van der Waals surface area contributed by atoms with Crippen LogP contribution in [0.15, 0.2) is 48.9 Å². The summed E-state index contributed by atoms with van der Waals surface area (Å²) in [6.07, 6.45) is 12.4. The fourth-order valence-electron chi connectivity index (χ4n) is 4.67. The van der Waals surface area contributed by atoms with Gasteiger partial charge in [0.15, 0.2) is 0 Å². The molecule has 9 nitrogen and oxygen atoms in total. The van der Waals surface area contributed by atoms with Crippen molar-refractivity contribution in [1.29, 1.82) is 0 Å². The summed E-state index contributed by atoms with van der Waals surface area (Å²) in [6.45, 7) is 11.4. The Bertz CT molecular complexity index is 999. The minimum Gasteiger partial charge on any atom is -0.410 e. The van der Waals surface area contributed by atoms with Gasteiger partial charge in [0, 0.05) is 38.6 Å². The number of amides is 2. The molecule has 0 spiro atoms. The zero-order valence-corrected chi connectivity index (χ0v) is 26.4. The van der Waals surface area contributed by atoms with E-state index in [-0.39, 0.29) is 17.5 Å².